The predicted octanol–water partition coefficient (Wildman–Crippen LogP) is 4.42. The first-order chi connectivity index (χ1) is 11.5. The van der Waals surface area contributed by atoms with Gasteiger partial charge >= 0.3 is 5.97 Å². The minimum Gasteiger partial charge on any atom is -0.454 e. The van der Waals surface area contributed by atoms with Crippen molar-refractivity contribution >= 4 is 34.8 Å². The monoisotopic (exact) mass is 349 g/mol. The number of aryl methyl sites for hydroxylation is 2. The van der Waals surface area contributed by atoms with Crippen molar-refractivity contribution in [3.8, 4) is 0 Å². The van der Waals surface area contributed by atoms with Gasteiger partial charge in [-0.3, -0.25) is 10.2 Å². The summed E-state index contributed by atoms with van der Waals surface area (Å²) in [6.07, 6.45) is 3.68. The van der Waals surface area contributed by atoms with Crippen molar-refractivity contribution in [3.63, 3.8) is 0 Å². The molecule has 0 amide bonds. The van der Waals surface area contributed by atoms with Gasteiger partial charge in [-0.05, 0) is 49.2 Å². The normalized spacial score (nSPS) is 12.0. The molecule has 1 rings (SSSR count). The smallest absolute Gasteiger partial charge is 0.309 e. The van der Waals surface area contributed by atoms with Crippen molar-refractivity contribution in [3.05, 3.63) is 29.3 Å². The molecule has 0 bridgehead atoms. The fourth-order valence-electron chi connectivity index (χ4n) is 1.89. The zero-order chi connectivity index (χ0) is 17.9. The molecule has 0 aliphatic carbocycles. The van der Waals surface area contributed by atoms with Crippen LogP contribution < -0.4 is 5.43 Å². The van der Waals surface area contributed by atoms with E-state index >= 15 is 0 Å². The SMILES string of the molecule is C/C=N/NC(=Nc1cc(C)ccc1CCC)SCOC(=O)C(C)C. The van der Waals surface area contributed by atoms with E-state index in [1.54, 1.807) is 6.21 Å². The number of hydrogen-bond donors (Lipinski definition) is 1. The number of hydrazone groups is 1. The van der Waals surface area contributed by atoms with Crippen molar-refractivity contribution in [2.75, 3.05) is 5.94 Å². The number of benzene rings is 1. The average molecular weight is 350 g/mol. The van der Waals surface area contributed by atoms with Crippen molar-refractivity contribution in [1.29, 1.82) is 0 Å². The van der Waals surface area contributed by atoms with E-state index in [2.05, 4.69) is 40.6 Å². The molecule has 0 fully saturated rings. The highest BCUT2D eigenvalue weighted by Gasteiger charge is 2.10. The number of esters is 1. The van der Waals surface area contributed by atoms with Crippen LogP contribution in [0, 0.1) is 12.8 Å². The summed E-state index contributed by atoms with van der Waals surface area (Å²) in [6.45, 7) is 9.64. The number of ether oxygens (including phenoxy) is 1. The Labute approximate surface area is 149 Å². The molecule has 132 valence electrons. The van der Waals surface area contributed by atoms with Gasteiger partial charge in [0.2, 0.25) is 0 Å². The summed E-state index contributed by atoms with van der Waals surface area (Å²) in [7, 11) is 0. The van der Waals surface area contributed by atoms with Gasteiger partial charge in [-0.15, -0.1) is 0 Å². The van der Waals surface area contributed by atoms with E-state index in [1.165, 1.54) is 17.3 Å². The molecule has 1 N–H and O–H groups in total. The standard InChI is InChI=1S/C18H27N3O2S/c1-6-8-15-10-9-14(5)11-16(15)20-18(21-19-7-2)24-12-23-17(22)13(3)4/h7,9-11,13H,6,8,12H2,1-5H3,(H,20,21)/b19-7+. The molecular formula is C18H27N3O2S. The quantitative estimate of drug-likeness (QED) is 0.260. The Morgan fingerprint density at radius 1 is 1.42 bits per heavy atom. The fraction of sp³-hybridized carbons (Fsp3) is 0.500. The maximum Gasteiger partial charge on any atom is 0.309 e. The summed E-state index contributed by atoms with van der Waals surface area (Å²) in [6, 6.07) is 6.27. The second-order valence-electron chi connectivity index (χ2n) is 5.68. The maximum absolute atomic E-state index is 11.6. The highest BCUT2D eigenvalue weighted by molar-refractivity contribution is 8.13. The van der Waals surface area contributed by atoms with Crippen molar-refractivity contribution < 1.29 is 9.53 Å². The number of thioether (sulfide) groups is 1. The second-order valence-corrected chi connectivity index (χ2v) is 6.59. The van der Waals surface area contributed by atoms with Gasteiger partial charge < -0.3 is 4.74 Å². The van der Waals surface area contributed by atoms with Gasteiger partial charge in [0.25, 0.3) is 0 Å². The van der Waals surface area contributed by atoms with Crippen LogP contribution in [0.3, 0.4) is 0 Å². The van der Waals surface area contributed by atoms with E-state index in [0.717, 1.165) is 24.1 Å². The number of carbonyl (C=O) groups is 1. The largest absolute Gasteiger partial charge is 0.454 e. The first kappa shape index (κ1) is 20.2. The Hall–Kier alpha value is -1.82. The maximum atomic E-state index is 11.6. The third-order valence-electron chi connectivity index (χ3n) is 3.14. The number of rotatable bonds is 7. The Morgan fingerprint density at radius 3 is 2.79 bits per heavy atom. The second kappa shape index (κ2) is 10.9. The number of carbonyl (C=O) groups excluding carboxylic acids is 1. The average Bonchev–Trinajstić information content (AvgIpc) is 2.54. The lowest BCUT2D eigenvalue weighted by atomic mass is 10.1. The third-order valence-corrected chi connectivity index (χ3v) is 3.83. The van der Waals surface area contributed by atoms with E-state index in [0.29, 0.717) is 5.17 Å². The molecule has 1 aromatic carbocycles. The lowest BCUT2D eigenvalue weighted by molar-refractivity contribution is -0.144. The first-order valence-corrected chi connectivity index (χ1v) is 9.17. The minimum atomic E-state index is -0.219. The lowest BCUT2D eigenvalue weighted by Crippen LogP contribution is -2.17. The van der Waals surface area contributed by atoms with Crippen LogP contribution in [-0.4, -0.2) is 23.3 Å². The van der Waals surface area contributed by atoms with Gasteiger partial charge in [0, 0.05) is 6.21 Å². The Morgan fingerprint density at radius 2 is 2.17 bits per heavy atom. The molecule has 0 atom stereocenters. The van der Waals surface area contributed by atoms with Gasteiger partial charge in [-0.1, -0.05) is 39.3 Å². The number of aliphatic imine (C=N–C) groups is 1. The Balaban J connectivity index is 2.92. The van der Waals surface area contributed by atoms with E-state index in [-0.39, 0.29) is 17.8 Å². The van der Waals surface area contributed by atoms with E-state index in [1.807, 2.05) is 27.7 Å². The van der Waals surface area contributed by atoms with Crippen LogP contribution in [0.2, 0.25) is 0 Å². The van der Waals surface area contributed by atoms with E-state index in [9.17, 15) is 4.79 Å². The molecule has 0 radical (unpaired) electrons. The van der Waals surface area contributed by atoms with Gasteiger partial charge in [-0.2, -0.15) is 5.10 Å². The van der Waals surface area contributed by atoms with Crippen molar-refractivity contribution in [1.82, 2.24) is 5.43 Å². The summed E-state index contributed by atoms with van der Waals surface area (Å²) >= 11 is 1.32. The molecule has 5 nitrogen and oxygen atoms in total. The van der Waals surface area contributed by atoms with E-state index < -0.39 is 0 Å². The molecule has 0 saturated carbocycles. The van der Waals surface area contributed by atoms with E-state index in [4.69, 9.17) is 4.74 Å². The molecule has 0 aliphatic heterocycles. The highest BCUT2D eigenvalue weighted by atomic mass is 32.2. The number of amidine groups is 1. The zero-order valence-corrected chi connectivity index (χ0v) is 15.9. The summed E-state index contributed by atoms with van der Waals surface area (Å²) in [5, 5.41) is 4.64. The van der Waals surface area contributed by atoms with Crippen LogP contribution >= 0.6 is 11.8 Å². The van der Waals surface area contributed by atoms with Crippen molar-refractivity contribution in [2.24, 2.45) is 16.0 Å². The molecule has 24 heavy (non-hydrogen) atoms. The summed E-state index contributed by atoms with van der Waals surface area (Å²) < 4.78 is 5.20. The summed E-state index contributed by atoms with van der Waals surface area (Å²) in [5.41, 5.74) is 6.18. The molecule has 0 aliphatic rings. The number of hydrogen-bond acceptors (Lipinski definition) is 5. The van der Waals surface area contributed by atoms with Crippen LogP contribution in [0.5, 0.6) is 0 Å². The lowest BCUT2D eigenvalue weighted by Gasteiger charge is -2.10. The van der Waals surface area contributed by atoms with Crippen LogP contribution in [0.4, 0.5) is 5.69 Å². The van der Waals surface area contributed by atoms with Gasteiger partial charge in [-0.25, -0.2) is 4.99 Å². The molecular weight excluding hydrogens is 322 g/mol. The number of nitrogens with one attached hydrogen (secondary N) is 1. The van der Waals surface area contributed by atoms with Crippen LogP contribution in [0.25, 0.3) is 0 Å². The molecule has 0 aromatic heterocycles. The fourth-order valence-corrected chi connectivity index (χ4v) is 2.45. The van der Waals surface area contributed by atoms with Gasteiger partial charge in [0.05, 0.1) is 11.6 Å². The minimum absolute atomic E-state index is 0.138. The summed E-state index contributed by atoms with van der Waals surface area (Å²) in [4.78, 5) is 16.2. The molecule has 1 aromatic rings. The molecule has 0 heterocycles. The Kier molecular flexibility index (Phi) is 9.15. The highest BCUT2D eigenvalue weighted by Crippen LogP contribution is 2.24. The predicted molar refractivity (Wildman–Crippen MR) is 103 cm³/mol. The Bertz CT molecular complexity index is 598. The zero-order valence-electron chi connectivity index (χ0n) is 15.1. The molecule has 6 heteroatoms. The third kappa shape index (κ3) is 7.17. The van der Waals surface area contributed by atoms with Crippen LogP contribution in [-0.2, 0) is 16.0 Å². The van der Waals surface area contributed by atoms with Gasteiger partial charge in [0.15, 0.2) is 5.17 Å². The van der Waals surface area contributed by atoms with Crippen LogP contribution in [0.1, 0.15) is 45.2 Å². The molecule has 0 spiro atoms. The van der Waals surface area contributed by atoms with Gasteiger partial charge in [0.1, 0.15) is 5.94 Å². The molecule has 0 saturated heterocycles. The van der Waals surface area contributed by atoms with Crippen LogP contribution in [0.15, 0.2) is 28.3 Å². The molecule has 0 unspecified atom stereocenters. The number of nitrogens with zero attached hydrogens (tertiary/aromatic N) is 2. The van der Waals surface area contributed by atoms with Crippen molar-refractivity contribution in [2.45, 2.75) is 47.5 Å². The first-order valence-electron chi connectivity index (χ1n) is 8.19. The summed E-state index contributed by atoms with van der Waals surface area (Å²) in [5.74, 6) is -0.152. The topological polar surface area (TPSA) is 63.1 Å².